The van der Waals surface area contributed by atoms with E-state index >= 15 is 0 Å². The molecule has 4 aromatic rings. The van der Waals surface area contributed by atoms with E-state index in [4.69, 9.17) is 33.9 Å². The van der Waals surface area contributed by atoms with Gasteiger partial charge >= 0.3 is 0 Å². The predicted octanol–water partition coefficient (Wildman–Crippen LogP) is 5.25. The predicted molar refractivity (Wildman–Crippen MR) is 132 cm³/mol. The normalized spacial score (nSPS) is 19.4. The van der Waals surface area contributed by atoms with E-state index in [0.717, 1.165) is 66.5 Å². The number of nitrogens with two attached hydrogens (primary N) is 1. The molecule has 0 bridgehead atoms. The van der Waals surface area contributed by atoms with Crippen LogP contribution in [0.5, 0.6) is 0 Å². The Morgan fingerprint density at radius 1 is 1.06 bits per heavy atom. The van der Waals surface area contributed by atoms with Gasteiger partial charge in [-0.25, -0.2) is 9.97 Å². The molecule has 33 heavy (non-hydrogen) atoms. The average molecular weight is 479 g/mol. The fraction of sp³-hybridized carbons (Fsp3) is 0.320. The van der Waals surface area contributed by atoms with Crippen molar-refractivity contribution in [3.63, 3.8) is 0 Å². The number of halogens is 2. The zero-order valence-corrected chi connectivity index (χ0v) is 19.8. The lowest BCUT2D eigenvalue weighted by Crippen LogP contribution is -2.45. The van der Waals surface area contributed by atoms with Gasteiger partial charge in [0.05, 0.1) is 15.7 Å². The van der Waals surface area contributed by atoms with Crippen molar-refractivity contribution in [1.82, 2.24) is 19.4 Å². The van der Waals surface area contributed by atoms with Crippen LogP contribution in [-0.2, 0) is 6.42 Å². The third-order valence-electron chi connectivity index (χ3n) is 7.41. The number of benzene rings is 1. The molecule has 1 aromatic carbocycles. The molecule has 1 fully saturated rings. The third kappa shape index (κ3) is 3.15. The molecule has 2 N–H and O–H groups in total. The smallest absolute Gasteiger partial charge is 0.211 e. The Kier molecular flexibility index (Phi) is 4.87. The number of fused-ring (bicyclic) bond motifs is 2. The molecule has 1 saturated heterocycles. The van der Waals surface area contributed by atoms with E-state index in [1.807, 2.05) is 43.7 Å². The van der Waals surface area contributed by atoms with Crippen LogP contribution in [0, 0.1) is 12.3 Å². The quantitative estimate of drug-likeness (QED) is 0.425. The van der Waals surface area contributed by atoms with Crippen molar-refractivity contribution in [2.75, 3.05) is 18.0 Å². The van der Waals surface area contributed by atoms with Gasteiger partial charge < -0.3 is 10.6 Å². The molecule has 1 atom stereocenters. The number of rotatable bonds is 2. The molecule has 1 aliphatic heterocycles. The van der Waals surface area contributed by atoms with Crippen molar-refractivity contribution in [2.45, 2.75) is 32.2 Å². The molecule has 1 aliphatic carbocycles. The Labute approximate surface area is 202 Å². The second-order valence-electron chi connectivity index (χ2n) is 9.14. The number of aromatic nitrogens is 4. The molecule has 6 nitrogen and oxygen atoms in total. The molecule has 8 heteroatoms. The molecule has 6 rings (SSSR count). The van der Waals surface area contributed by atoms with Gasteiger partial charge in [-0.15, -0.1) is 0 Å². The van der Waals surface area contributed by atoms with Crippen molar-refractivity contribution in [2.24, 2.45) is 11.1 Å². The number of piperidine rings is 1. The molecule has 168 valence electrons. The SMILES string of the molecule is Cc1nc(N2CCC3(CC2)Cc2ncccc2C3N)n2ccnc2c1-c1cccc(Cl)c1Cl. The number of aryl methyl sites for hydroxylation is 1. The van der Waals surface area contributed by atoms with Crippen LogP contribution in [0.4, 0.5) is 5.95 Å². The van der Waals surface area contributed by atoms with Crippen molar-refractivity contribution in [1.29, 1.82) is 0 Å². The zero-order valence-electron chi connectivity index (χ0n) is 18.3. The first-order chi connectivity index (χ1) is 16.0. The molecule has 2 aliphatic rings. The van der Waals surface area contributed by atoms with Gasteiger partial charge in [0.15, 0.2) is 0 Å². The molecule has 1 spiro atoms. The van der Waals surface area contributed by atoms with Crippen molar-refractivity contribution >= 4 is 34.8 Å². The van der Waals surface area contributed by atoms with Crippen LogP contribution in [0.25, 0.3) is 16.8 Å². The minimum Gasteiger partial charge on any atom is -0.342 e. The summed E-state index contributed by atoms with van der Waals surface area (Å²) in [5.74, 6) is 0.902. The van der Waals surface area contributed by atoms with Gasteiger partial charge in [-0.2, -0.15) is 0 Å². The first-order valence-corrected chi connectivity index (χ1v) is 12.0. The molecule has 0 saturated carbocycles. The summed E-state index contributed by atoms with van der Waals surface area (Å²) < 4.78 is 2.06. The van der Waals surface area contributed by atoms with Crippen LogP contribution >= 0.6 is 23.2 Å². The van der Waals surface area contributed by atoms with Gasteiger partial charge in [0, 0.05) is 54.5 Å². The highest BCUT2D eigenvalue weighted by Crippen LogP contribution is 2.50. The number of hydrogen-bond acceptors (Lipinski definition) is 5. The van der Waals surface area contributed by atoms with E-state index in [0.29, 0.717) is 10.0 Å². The monoisotopic (exact) mass is 478 g/mol. The van der Waals surface area contributed by atoms with E-state index in [1.54, 1.807) is 6.07 Å². The summed E-state index contributed by atoms with van der Waals surface area (Å²) in [6.07, 6.45) is 8.60. The zero-order chi connectivity index (χ0) is 22.7. The van der Waals surface area contributed by atoms with Crippen LogP contribution in [0.15, 0.2) is 48.9 Å². The highest BCUT2D eigenvalue weighted by molar-refractivity contribution is 6.43. The largest absolute Gasteiger partial charge is 0.342 e. The van der Waals surface area contributed by atoms with Crippen LogP contribution in [0.2, 0.25) is 10.0 Å². The van der Waals surface area contributed by atoms with E-state index in [2.05, 4.69) is 25.3 Å². The highest BCUT2D eigenvalue weighted by Gasteiger charge is 2.46. The summed E-state index contributed by atoms with van der Waals surface area (Å²) >= 11 is 12.8. The van der Waals surface area contributed by atoms with Gasteiger partial charge in [0.25, 0.3) is 0 Å². The van der Waals surface area contributed by atoms with E-state index in [9.17, 15) is 0 Å². The Balaban J connectivity index is 1.34. The maximum Gasteiger partial charge on any atom is 0.211 e. The Hall–Kier alpha value is -2.67. The van der Waals surface area contributed by atoms with Crippen LogP contribution < -0.4 is 10.6 Å². The minimum absolute atomic E-state index is 0.0404. The average Bonchev–Trinajstić information content (AvgIpc) is 3.40. The van der Waals surface area contributed by atoms with Gasteiger partial charge in [0.1, 0.15) is 5.65 Å². The number of nitrogens with zero attached hydrogens (tertiary/aromatic N) is 5. The molecule has 0 amide bonds. The molecule has 1 unspecified atom stereocenters. The fourth-order valence-electron chi connectivity index (χ4n) is 5.60. The van der Waals surface area contributed by atoms with E-state index in [1.165, 1.54) is 5.56 Å². The standard InChI is InChI=1S/C25H24Cl2N6/c1-15-20(17-4-2-6-18(26)21(17)27)23-30-10-13-33(23)24(31-15)32-11-7-25(8-12-32)14-19-16(22(25)28)5-3-9-29-19/h2-6,9-10,13,22H,7-8,11-12,14,28H2,1H3. The lowest BCUT2D eigenvalue weighted by Gasteiger charge is -2.42. The molecule has 0 radical (unpaired) electrons. The summed E-state index contributed by atoms with van der Waals surface area (Å²) in [5.41, 5.74) is 12.6. The number of anilines is 1. The maximum absolute atomic E-state index is 6.74. The summed E-state index contributed by atoms with van der Waals surface area (Å²) in [6.45, 7) is 3.78. The lowest BCUT2D eigenvalue weighted by molar-refractivity contribution is 0.186. The second-order valence-corrected chi connectivity index (χ2v) is 9.92. The van der Waals surface area contributed by atoms with Gasteiger partial charge in [-0.05, 0) is 49.3 Å². The number of imidazole rings is 1. The van der Waals surface area contributed by atoms with E-state index in [-0.39, 0.29) is 11.5 Å². The third-order valence-corrected chi connectivity index (χ3v) is 8.23. The first kappa shape index (κ1) is 20.9. The molecular formula is C25H24Cl2N6. The number of pyridine rings is 1. The fourth-order valence-corrected chi connectivity index (χ4v) is 6.00. The highest BCUT2D eigenvalue weighted by atomic mass is 35.5. The summed E-state index contributed by atoms with van der Waals surface area (Å²) in [4.78, 5) is 16.6. The summed E-state index contributed by atoms with van der Waals surface area (Å²) in [5, 5.41) is 1.04. The topological polar surface area (TPSA) is 72.3 Å². The van der Waals surface area contributed by atoms with Gasteiger partial charge in [-0.3, -0.25) is 9.38 Å². The Bertz CT molecular complexity index is 1370. The van der Waals surface area contributed by atoms with Crippen LogP contribution in [-0.4, -0.2) is 32.4 Å². The summed E-state index contributed by atoms with van der Waals surface area (Å²) in [7, 11) is 0. The first-order valence-electron chi connectivity index (χ1n) is 11.2. The maximum atomic E-state index is 6.74. The van der Waals surface area contributed by atoms with Gasteiger partial charge in [0.2, 0.25) is 5.95 Å². The number of hydrogen-bond donors (Lipinski definition) is 1. The van der Waals surface area contributed by atoms with E-state index < -0.39 is 0 Å². The van der Waals surface area contributed by atoms with Crippen LogP contribution in [0.3, 0.4) is 0 Å². The lowest BCUT2D eigenvalue weighted by atomic mass is 9.73. The van der Waals surface area contributed by atoms with Crippen molar-refractivity contribution in [3.8, 4) is 11.1 Å². The molecule has 3 aromatic heterocycles. The Morgan fingerprint density at radius 3 is 2.67 bits per heavy atom. The second kappa shape index (κ2) is 7.69. The van der Waals surface area contributed by atoms with Crippen LogP contribution in [0.1, 0.15) is 35.8 Å². The molecular weight excluding hydrogens is 455 g/mol. The minimum atomic E-state index is 0.0404. The Morgan fingerprint density at radius 2 is 1.88 bits per heavy atom. The molecule has 4 heterocycles. The van der Waals surface area contributed by atoms with Crippen molar-refractivity contribution in [3.05, 3.63) is 75.9 Å². The van der Waals surface area contributed by atoms with Crippen molar-refractivity contribution < 1.29 is 0 Å². The summed E-state index contributed by atoms with van der Waals surface area (Å²) in [6, 6.07) is 9.82. The van der Waals surface area contributed by atoms with Gasteiger partial charge in [-0.1, -0.05) is 41.4 Å².